The number of furan rings is 1. The second-order valence-electron chi connectivity index (χ2n) is 12.3. The van der Waals surface area contributed by atoms with Crippen LogP contribution < -0.4 is 19.8 Å². The van der Waals surface area contributed by atoms with Crippen LogP contribution in [-0.4, -0.2) is 58.0 Å². The van der Waals surface area contributed by atoms with Gasteiger partial charge in [0.05, 0.1) is 41.4 Å². The smallest absolute Gasteiger partial charge is 0.255 e. The number of piperidine rings is 1. The first-order chi connectivity index (χ1) is 19.3. The fourth-order valence-corrected chi connectivity index (χ4v) is 7.39. The Morgan fingerprint density at radius 2 is 1.62 bits per heavy atom. The molecule has 4 aliphatic rings. The molecule has 2 aliphatic carbocycles. The van der Waals surface area contributed by atoms with Crippen molar-refractivity contribution in [3.05, 3.63) is 48.2 Å². The van der Waals surface area contributed by atoms with Gasteiger partial charge in [0.2, 0.25) is 10.0 Å². The summed E-state index contributed by atoms with van der Waals surface area (Å²) in [6, 6.07) is 10.9. The van der Waals surface area contributed by atoms with Crippen LogP contribution in [0, 0.1) is 10.8 Å². The second-order valence-corrected chi connectivity index (χ2v) is 14.2. The van der Waals surface area contributed by atoms with Crippen molar-refractivity contribution < 1.29 is 22.7 Å². The molecular formula is C30H36N4O5S. The molecule has 1 amide bonds. The molecule has 2 aromatic carbocycles. The number of sulfonamides is 1. The maximum Gasteiger partial charge on any atom is 0.255 e. The van der Waals surface area contributed by atoms with Gasteiger partial charge in [-0.2, -0.15) is 0 Å². The van der Waals surface area contributed by atoms with Crippen molar-refractivity contribution in [1.82, 2.24) is 0 Å². The van der Waals surface area contributed by atoms with Crippen molar-refractivity contribution in [3.8, 4) is 0 Å². The van der Waals surface area contributed by atoms with E-state index < -0.39 is 16.6 Å². The fourth-order valence-electron chi connectivity index (χ4n) is 6.56. The number of nitrogens with one attached hydrogen (secondary N) is 2. The van der Waals surface area contributed by atoms with Gasteiger partial charge >= 0.3 is 0 Å². The minimum atomic E-state index is -3.67. The highest BCUT2D eigenvalue weighted by Gasteiger charge is 2.48. The molecule has 0 unspecified atom stereocenters. The summed E-state index contributed by atoms with van der Waals surface area (Å²) in [5.74, 6) is -0.584. The predicted molar refractivity (Wildman–Crippen MR) is 157 cm³/mol. The Balaban J connectivity index is 1.18. The third-order valence-electron chi connectivity index (χ3n) is 9.53. The molecule has 7 rings (SSSR count). The van der Waals surface area contributed by atoms with Crippen LogP contribution in [0.5, 0.6) is 0 Å². The summed E-state index contributed by atoms with van der Waals surface area (Å²) in [6.45, 7) is 3.23. The number of carbonyl (C=O) groups excluding carboxylic acids is 1. The molecule has 0 bridgehead atoms. The van der Waals surface area contributed by atoms with E-state index >= 15 is 0 Å². The molecule has 40 heavy (non-hydrogen) atoms. The first-order valence-corrected chi connectivity index (χ1v) is 16.0. The predicted octanol–water partition coefficient (Wildman–Crippen LogP) is 4.79. The van der Waals surface area contributed by atoms with E-state index in [4.69, 9.17) is 9.52 Å². The number of carbonyl (C=O) groups is 1. The minimum Gasteiger partial charge on any atom is -0.462 e. The van der Waals surface area contributed by atoms with Crippen molar-refractivity contribution in [2.75, 3.05) is 58.4 Å². The third-order valence-corrected chi connectivity index (χ3v) is 10.8. The highest BCUT2D eigenvalue weighted by molar-refractivity contribution is 7.92. The summed E-state index contributed by atoms with van der Waals surface area (Å²) in [6.07, 6.45) is 10.2. The summed E-state index contributed by atoms with van der Waals surface area (Å²) in [5.41, 5.74) is 5.13. The lowest BCUT2D eigenvalue weighted by Crippen LogP contribution is -2.35. The van der Waals surface area contributed by atoms with Crippen LogP contribution in [0.15, 0.2) is 47.1 Å². The molecule has 2 aliphatic heterocycles. The Hall–Kier alpha value is -3.24. The minimum absolute atomic E-state index is 0.213. The fraction of sp³-hybridized carbons (Fsp3) is 0.500. The molecule has 10 heteroatoms. The largest absolute Gasteiger partial charge is 0.462 e. The standard InChI is InChI=1S/C30H36N4O5S/c35-14-16-40(37,38)32-23-1-2-24(25(19-23)33-11-8-29(4-5-29)9-12-33)31-28(36)22-17-21-3-15-39-27(21)26(18-22)34-13-10-30(20-34)6-7-30/h1-3,15,17-19,32,35H,4-14,16,20H2,(H,31,36). The quantitative estimate of drug-likeness (QED) is 0.360. The molecule has 3 N–H and O–H groups in total. The van der Waals surface area contributed by atoms with Crippen LogP contribution in [0.25, 0.3) is 11.0 Å². The number of hydrogen-bond donors (Lipinski definition) is 3. The van der Waals surface area contributed by atoms with Crippen molar-refractivity contribution in [1.29, 1.82) is 0 Å². The Labute approximate surface area is 234 Å². The number of benzene rings is 2. The lowest BCUT2D eigenvalue weighted by molar-refractivity contribution is 0.102. The number of amides is 1. The molecule has 3 heterocycles. The SMILES string of the molecule is O=C(Nc1ccc(NS(=O)(=O)CCO)cc1N1CCC2(CC1)CC2)c1cc(N2CCC3(CC3)C2)c2occc2c1. The topological polar surface area (TPSA) is 115 Å². The van der Waals surface area contributed by atoms with Crippen LogP contribution >= 0.6 is 0 Å². The van der Waals surface area contributed by atoms with Gasteiger partial charge in [0.25, 0.3) is 5.91 Å². The van der Waals surface area contributed by atoms with Gasteiger partial charge in [-0.3, -0.25) is 9.52 Å². The zero-order valence-corrected chi connectivity index (χ0v) is 23.4. The van der Waals surface area contributed by atoms with E-state index in [9.17, 15) is 13.2 Å². The second kappa shape index (κ2) is 9.41. The maximum atomic E-state index is 13.7. The van der Waals surface area contributed by atoms with Crippen molar-refractivity contribution in [2.45, 2.75) is 44.9 Å². The molecule has 2 saturated carbocycles. The average Bonchev–Trinajstić information content (AvgIpc) is 3.75. The Bertz CT molecular complexity index is 1560. The number of fused-ring (bicyclic) bond motifs is 1. The van der Waals surface area contributed by atoms with Gasteiger partial charge in [0, 0.05) is 37.1 Å². The van der Waals surface area contributed by atoms with Crippen LogP contribution in [0.2, 0.25) is 0 Å². The van der Waals surface area contributed by atoms with Crippen LogP contribution in [-0.2, 0) is 10.0 Å². The van der Waals surface area contributed by atoms with Gasteiger partial charge in [-0.15, -0.1) is 0 Å². The van der Waals surface area contributed by atoms with Crippen molar-refractivity contribution in [3.63, 3.8) is 0 Å². The lowest BCUT2D eigenvalue weighted by Gasteiger charge is -2.35. The van der Waals surface area contributed by atoms with Crippen LogP contribution in [0.4, 0.5) is 22.7 Å². The number of anilines is 4. The van der Waals surface area contributed by atoms with E-state index in [-0.39, 0.29) is 11.7 Å². The molecule has 3 aromatic rings. The monoisotopic (exact) mass is 564 g/mol. The van der Waals surface area contributed by atoms with Crippen LogP contribution in [0.3, 0.4) is 0 Å². The zero-order valence-electron chi connectivity index (χ0n) is 22.6. The van der Waals surface area contributed by atoms with Crippen molar-refractivity contribution >= 4 is 49.6 Å². The Morgan fingerprint density at radius 3 is 2.33 bits per heavy atom. The molecule has 212 valence electrons. The van der Waals surface area contributed by atoms with Gasteiger partial charge in [0.1, 0.15) is 0 Å². The van der Waals surface area contributed by atoms with Gasteiger partial charge < -0.3 is 24.6 Å². The van der Waals surface area contributed by atoms with E-state index in [1.54, 1.807) is 24.5 Å². The van der Waals surface area contributed by atoms with E-state index in [2.05, 4.69) is 19.8 Å². The summed E-state index contributed by atoms with van der Waals surface area (Å²) in [4.78, 5) is 18.3. The molecule has 0 radical (unpaired) electrons. The van der Waals surface area contributed by atoms with Gasteiger partial charge in [-0.1, -0.05) is 0 Å². The molecule has 2 spiro atoms. The molecule has 9 nitrogen and oxygen atoms in total. The van der Waals surface area contributed by atoms with E-state index in [0.29, 0.717) is 27.8 Å². The summed E-state index contributed by atoms with van der Waals surface area (Å²) < 4.78 is 33.1. The highest BCUT2D eigenvalue weighted by atomic mass is 32.2. The van der Waals surface area contributed by atoms with E-state index in [1.807, 2.05) is 18.2 Å². The lowest BCUT2D eigenvalue weighted by atomic mass is 9.93. The van der Waals surface area contributed by atoms with Gasteiger partial charge in [-0.25, -0.2) is 8.42 Å². The molecular weight excluding hydrogens is 528 g/mol. The first kappa shape index (κ1) is 25.7. The molecule has 4 fully saturated rings. The van der Waals surface area contributed by atoms with Gasteiger partial charge in [0.15, 0.2) is 5.58 Å². The Morgan fingerprint density at radius 1 is 0.900 bits per heavy atom. The molecule has 1 aromatic heterocycles. The first-order valence-electron chi connectivity index (χ1n) is 14.3. The Kier molecular flexibility index (Phi) is 6.05. The zero-order chi connectivity index (χ0) is 27.5. The van der Waals surface area contributed by atoms with Crippen molar-refractivity contribution in [2.24, 2.45) is 10.8 Å². The van der Waals surface area contributed by atoms with Gasteiger partial charge in [-0.05, 0) is 92.2 Å². The molecule has 2 saturated heterocycles. The number of rotatable bonds is 8. The summed E-state index contributed by atoms with van der Waals surface area (Å²) in [5, 5.41) is 13.2. The molecule has 0 atom stereocenters. The van der Waals surface area contributed by atoms with E-state index in [0.717, 1.165) is 61.4 Å². The van der Waals surface area contributed by atoms with E-state index in [1.165, 1.54) is 32.1 Å². The average molecular weight is 565 g/mol. The third kappa shape index (κ3) is 4.92. The normalized spacial score (nSPS) is 20.8. The highest BCUT2D eigenvalue weighted by Crippen LogP contribution is 2.55. The number of hydrogen-bond acceptors (Lipinski definition) is 7. The number of aliphatic hydroxyl groups is 1. The summed E-state index contributed by atoms with van der Waals surface area (Å²) >= 11 is 0. The van der Waals surface area contributed by atoms with Crippen LogP contribution in [0.1, 0.15) is 55.3 Å². The number of nitrogens with zero attached hydrogens (tertiary/aromatic N) is 2. The number of aliphatic hydroxyl groups excluding tert-OH is 1. The maximum absolute atomic E-state index is 13.7. The summed E-state index contributed by atoms with van der Waals surface area (Å²) in [7, 11) is -3.67.